The number of aromatic hydroxyl groups is 1. The van der Waals surface area contributed by atoms with Gasteiger partial charge in [0.05, 0.1) is 6.54 Å². The third kappa shape index (κ3) is 5.95. The van der Waals surface area contributed by atoms with Crippen molar-refractivity contribution in [1.29, 1.82) is 5.41 Å². The SMILES string of the molecule is Br.CC(C)(C)c1cc(C(=O)Cn2ccn(CCC3CC4CCC3CC4)c2=N)cc(C(C)(C)C)c1O. The maximum atomic E-state index is 13.3. The number of nitrogens with one attached hydrogen (secondary N) is 1. The molecule has 2 bridgehead atoms. The molecule has 0 aliphatic heterocycles. The van der Waals surface area contributed by atoms with Crippen LogP contribution in [0.2, 0.25) is 0 Å². The van der Waals surface area contributed by atoms with Crippen molar-refractivity contribution < 1.29 is 9.90 Å². The second-order valence-electron chi connectivity index (χ2n) is 12.9. The molecule has 3 fully saturated rings. The molecule has 5 rings (SSSR count). The van der Waals surface area contributed by atoms with Crippen LogP contribution in [0.1, 0.15) is 102 Å². The van der Waals surface area contributed by atoms with Gasteiger partial charge in [0.25, 0.3) is 0 Å². The fourth-order valence-corrected chi connectivity index (χ4v) is 6.13. The number of imidazole rings is 1. The minimum absolute atomic E-state index is 0. The minimum Gasteiger partial charge on any atom is -0.507 e. The third-order valence-corrected chi connectivity index (χ3v) is 8.27. The number of halogens is 1. The molecule has 35 heavy (non-hydrogen) atoms. The number of phenolic OH excluding ortho intramolecular Hbond substituents is 1. The quantitative estimate of drug-likeness (QED) is 0.394. The van der Waals surface area contributed by atoms with Crippen LogP contribution in [-0.4, -0.2) is 20.0 Å². The number of rotatable bonds is 6. The van der Waals surface area contributed by atoms with Crippen LogP contribution in [0, 0.1) is 23.2 Å². The first kappa shape index (κ1) is 27.8. The number of carbonyl (C=O) groups is 1. The highest BCUT2D eigenvalue weighted by Gasteiger charge is 2.35. The lowest BCUT2D eigenvalue weighted by molar-refractivity contribution is 0.0894. The van der Waals surface area contributed by atoms with Crippen molar-refractivity contribution in [3.63, 3.8) is 0 Å². The number of ketones is 1. The van der Waals surface area contributed by atoms with E-state index in [4.69, 9.17) is 5.41 Å². The molecule has 1 aromatic heterocycles. The Balaban J connectivity index is 0.00000342. The van der Waals surface area contributed by atoms with Gasteiger partial charge in [-0.05, 0) is 66.4 Å². The van der Waals surface area contributed by atoms with E-state index in [0.717, 1.165) is 41.8 Å². The number of nitrogens with zero attached hydrogens (tertiary/aromatic N) is 2. The van der Waals surface area contributed by atoms with Gasteiger partial charge in [0.1, 0.15) is 5.75 Å². The monoisotopic (exact) mass is 545 g/mol. The molecular weight excluding hydrogens is 502 g/mol. The predicted molar refractivity (Wildman–Crippen MR) is 147 cm³/mol. The molecule has 2 aromatic rings. The zero-order valence-corrected chi connectivity index (χ0v) is 24.1. The second kappa shape index (κ2) is 10.3. The van der Waals surface area contributed by atoms with Crippen molar-refractivity contribution in [3.05, 3.63) is 46.8 Å². The molecule has 0 radical (unpaired) electrons. The average Bonchev–Trinajstić information content (AvgIpc) is 3.10. The van der Waals surface area contributed by atoms with E-state index >= 15 is 0 Å². The highest BCUT2D eigenvalue weighted by Crippen LogP contribution is 2.46. The summed E-state index contributed by atoms with van der Waals surface area (Å²) in [6.45, 7) is 13.3. The summed E-state index contributed by atoms with van der Waals surface area (Å²) in [5.41, 5.74) is 2.01. The molecule has 194 valence electrons. The van der Waals surface area contributed by atoms with E-state index in [2.05, 4.69) is 41.5 Å². The maximum absolute atomic E-state index is 13.3. The van der Waals surface area contributed by atoms with Crippen LogP contribution in [0.4, 0.5) is 0 Å². The molecule has 3 aliphatic rings. The Morgan fingerprint density at radius 1 is 0.971 bits per heavy atom. The summed E-state index contributed by atoms with van der Waals surface area (Å²) in [6, 6.07) is 3.68. The fraction of sp³-hybridized carbons (Fsp3) is 0.655. The number of phenols is 1. The van der Waals surface area contributed by atoms with Crippen LogP contribution in [0.15, 0.2) is 24.5 Å². The van der Waals surface area contributed by atoms with E-state index in [1.165, 1.54) is 32.1 Å². The molecule has 3 aliphatic carbocycles. The van der Waals surface area contributed by atoms with Gasteiger partial charge in [0.15, 0.2) is 5.78 Å². The van der Waals surface area contributed by atoms with Gasteiger partial charge in [-0.2, -0.15) is 0 Å². The molecule has 1 unspecified atom stereocenters. The standard InChI is InChI=1S/C29H43N3O2.BrH/c1-28(2,3)23-16-22(17-24(26(23)34)29(4,5)6)25(33)18-32-14-13-31(27(32)30)12-11-21-15-19-7-9-20(21)10-8-19;/h13-14,16-17,19-21,30,34H,7-12,15,18H2,1-6H3;1H. The summed E-state index contributed by atoms with van der Waals surface area (Å²) in [5.74, 6) is 2.86. The van der Waals surface area contributed by atoms with Gasteiger partial charge in [-0.1, -0.05) is 54.4 Å². The number of fused-ring (bicyclic) bond motifs is 3. The number of hydrogen-bond donors (Lipinski definition) is 2. The Labute approximate surface area is 221 Å². The lowest BCUT2D eigenvalue weighted by atomic mass is 9.64. The van der Waals surface area contributed by atoms with Gasteiger partial charge < -0.3 is 14.2 Å². The second-order valence-corrected chi connectivity index (χ2v) is 12.9. The minimum atomic E-state index is -0.282. The van der Waals surface area contributed by atoms with Crippen LogP contribution < -0.4 is 5.62 Å². The molecule has 6 heteroatoms. The van der Waals surface area contributed by atoms with Crippen LogP contribution in [-0.2, 0) is 23.9 Å². The molecule has 0 saturated heterocycles. The van der Waals surface area contributed by atoms with Gasteiger partial charge in [0.2, 0.25) is 5.62 Å². The van der Waals surface area contributed by atoms with Gasteiger partial charge >= 0.3 is 0 Å². The first-order chi connectivity index (χ1) is 15.8. The average molecular weight is 547 g/mol. The summed E-state index contributed by atoms with van der Waals surface area (Å²) in [5, 5.41) is 19.6. The van der Waals surface area contributed by atoms with E-state index in [1.54, 1.807) is 4.57 Å². The number of carbonyl (C=O) groups excluding carboxylic acids is 1. The van der Waals surface area contributed by atoms with Gasteiger partial charge in [-0.3, -0.25) is 10.2 Å². The highest BCUT2D eigenvalue weighted by atomic mass is 79.9. The zero-order valence-electron chi connectivity index (χ0n) is 22.4. The number of benzene rings is 1. The van der Waals surface area contributed by atoms with Crippen LogP contribution in [0.3, 0.4) is 0 Å². The Hall–Kier alpha value is -1.82. The Morgan fingerprint density at radius 2 is 1.51 bits per heavy atom. The molecule has 2 N–H and O–H groups in total. The lowest BCUT2D eigenvalue weighted by Crippen LogP contribution is -2.33. The molecular formula is C29H44BrN3O2. The van der Waals surface area contributed by atoms with E-state index < -0.39 is 0 Å². The molecule has 5 nitrogen and oxygen atoms in total. The van der Waals surface area contributed by atoms with Crippen molar-refractivity contribution in [2.75, 3.05) is 0 Å². The maximum Gasteiger partial charge on any atom is 0.202 e. The lowest BCUT2D eigenvalue weighted by Gasteiger charge is -2.42. The number of Topliss-reactive ketones (excluding diaryl/α,β-unsaturated/α-hetero) is 1. The number of hydrogen-bond acceptors (Lipinski definition) is 3. The first-order valence-corrected chi connectivity index (χ1v) is 13.1. The van der Waals surface area contributed by atoms with Gasteiger partial charge in [-0.15, -0.1) is 17.0 Å². The summed E-state index contributed by atoms with van der Waals surface area (Å²) in [4.78, 5) is 13.3. The van der Waals surface area contributed by atoms with Gasteiger partial charge in [0, 0.05) is 35.6 Å². The van der Waals surface area contributed by atoms with Gasteiger partial charge in [-0.25, -0.2) is 0 Å². The van der Waals surface area contributed by atoms with Crippen molar-refractivity contribution in [2.45, 2.75) is 104 Å². The summed E-state index contributed by atoms with van der Waals surface area (Å²) in [6.07, 6.45) is 11.9. The van der Waals surface area contributed by atoms with Crippen LogP contribution in [0.25, 0.3) is 0 Å². The van der Waals surface area contributed by atoms with Crippen LogP contribution in [0.5, 0.6) is 5.75 Å². The molecule has 1 heterocycles. The predicted octanol–water partition coefficient (Wildman–Crippen LogP) is 6.75. The zero-order chi connectivity index (χ0) is 24.8. The molecule has 0 spiro atoms. The molecule has 1 aromatic carbocycles. The van der Waals surface area contributed by atoms with E-state index in [-0.39, 0.29) is 45.9 Å². The van der Waals surface area contributed by atoms with E-state index in [0.29, 0.717) is 11.2 Å². The van der Waals surface area contributed by atoms with E-state index in [9.17, 15) is 9.90 Å². The van der Waals surface area contributed by atoms with Crippen LogP contribution >= 0.6 is 17.0 Å². The highest BCUT2D eigenvalue weighted by molar-refractivity contribution is 8.93. The summed E-state index contributed by atoms with van der Waals surface area (Å²) in [7, 11) is 0. The smallest absolute Gasteiger partial charge is 0.202 e. The Bertz CT molecular complexity index is 1070. The topological polar surface area (TPSA) is 71.0 Å². The number of aryl methyl sites for hydroxylation is 1. The number of aromatic nitrogens is 2. The normalized spacial score (nSPS) is 22.2. The summed E-state index contributed by atoms with van der Waals surface area (Å²) >= 11 is 0. The van der Waals surface area contributed by atoms with Crippen molar-refractivity contribution in [3.8, 4) is 5.75 Å². The Kier molecular flexibility index (Phi) is 8.15. The summed E-state index contributed by atoms with van der Waals surface area (Å²) < 4.78 is 3.74. The molecule has 0 amide bonds. The van der Waals surface area contributed by atoms with E-state index in [1.807, 2.05) is 29.1 Å². The Morgan fingerprint density at radius 3 is 2.00 bits per heavy atom. The van der Waals surface area contributed by atoms with Crippen molar-refractivity contribution in [1.82, 2.24) is 9.13 Å². The molecule has 3 saturated carbocycles. The van der Waals surface area contributed by atoms with Crippen molar-refractivity contribution in [2.24, 2.45) is 17.8 Å². The third-order valence-electron chi connectivity index (χ3n) is 8.27. The first-order valence-electron chi connectivity index (χ1n) is 13.1. The largest absolute Gasteiger partial charge is 0.507 e. The van der Waals surface area contributed by atoms with Crippen molar-refractivity contribution >= 4 is 22.8 Å². The molecule has 1 atom stereocenters. The fourth-order valence-electron chi connectivity index (χ4n) is 6.13.